The SMILES string of the molecule is COc1cccc(NC(C(N)=O)c2ccc(Br)c(Cl)c2)c1. The predicted molar refractivity (Wildman–Crippen MR) is 87.7 cm³/mol. The first-order valence-electron chi connectivity index (χ1n) is 6.16. The van der Waals surface area contributed by atoms with Crippen LogP contribution in [-0.4, -0.2) is 13.0 Å². The van der Waals surface area contributed by atoms with Gasteiger partial charge in [-0.1, -0.05) is 23.7 Å². The Balaban J connectivity index is 2.30. The molecule has 110 valence electrons. The Morgan fingerprint density at radius 2 is 2.10 bits per heavy atom. The molecule has 21 heavy (non-hydrogen) atoms. The fraction of sp³-hybridized carbons (Fsp3) is 0.133. The summed E-state index contributed by atoms with van der Waals surface area (Å²) in [6, 6.07) is 11.9. The Morgan fingerprint density at radius 3 is 2.71 bits per heavy atom. The van der Waals surface area contributed by atoms with Crippen LogP contribution >= 0.6 is 27.5 Å². The largest absolute Gasteiger partial charge is 0.497 e. The molecule has 1 atom stereocenters. The summed E-state index contributed by atoms with van der Waals surface area (Å²) >= 11 is 9.38. The number of hydrogen-bond acceptors (Lipinski definition) is 3. The minimum atomic E-state index is -0.678. The van der Waals surface area contributed by atoms with Crippen molar-refractivity contribution in [3.05, 3.63) is 57.5 Å². The molecule has 0 saturated carbocycles. The summed E-state index contributed by atoms with van der Waals surface area (Å²) in [7, 11) is 1.58. The van der Waals surface area contributed by atoms with Crippen LogP contribution in [0.15, 0.2) is 46.9 Å². The molecular formula is C15H14BrClN2O2. The lowest BCUT2D eigenvalue weighted by Crippen LogP contribution is -2.27. The molecule has 0 saturated heterocycles. The molecule has 0 aliphatic carbocycles. The average Bonchev–Trinajstić information content (AvgIpc) is 2.47. The zero-order valence-electron chi connectivity index (χ0n) is 11.3. The number of rotatable bonds is 5. The molecule has 0 radical (unpaired) electrons. The van der Waals surface area contributed by atoms with Crippen LogP contribution in [0.2, 0.25) is 5.02 Å². The number of ether oxygens (including phenoxy) is 1. The van der Waals surface area contributed by atoms with E-state index < -0.39 is 11.9 Å². The van der Waals surface area contributed by atoms with E-state index in [1.807, 2.05) is 18.2 Å². The van der Waals surface area contributed by atoms with Crippen molar-refractivity contribution in [2.45, 2.75) is 6.04 Å². The fourth-order valence-corrected chi connectivity index (χ4v) is 2.33. The lowest BCUT2D eigenvalue weighted by Gasteiger charge is -2.18. The van der Waals surface area contributed by atoms with E-state index in [1.54, 1.807) is 31.4 Å². The first-order valence-corrected chi connectivity index (χ1v) is 7.33. The maximum Gasteiger partial charge on any atom is 0.244 e. The van der Waals surface area contributed by atoms with Crippen molar-refractivity contribution in [2.75, 3.05) is 12.4 Å². The Morgan fingerprint density at radius 1 is 1.33 bits per heavy atom. The van der Waals surface area contributed by atoms with Crippen molar-refractivity contribution >= 4 is 39.1 Å². The van der Waals surface area contributed by atoms with Crippen LogP contribution in [0.25, 0.3) is 0 Å². The van der Waals surface area contributed by atoms with Crippen molar-refractivity contribution in [3.63, 3.8) is 0 Å². The second-order valence-electron chi connectivity index (χ2n) is 4.39. The van der Waals surface area contributed by atoms with Gasteiger partial charge in [-0.05, 0) is 45.8 Å². The summed E-state index contributed by atoms with van der Waals surface area (Å²) in [5.41, 5.74) is 6.91. The van der Waals surface area contributed by atoms with Crippen LogP contribution < -0.4 is 15.8 Å². The van der Waals surface area contributed by atoms with E-state index >= 15 is 0 Å². The van der Waals surface area contributed by atoms with Crippen molar-refractivity contribution in [1.82, 2.24) is 0 Å². The first kappa shape index (κ1) is 15.7. The maximum atomic E-state index is 11.7. The number of halogens is 2. The number of nitrogens with two attached hydrogens (primary N) is 1. The van der Waals surface area contributed by atoms with Crippen molar-refractivity contribution in [3.8, 4) is 5.75 Å². The molecule has 4 nitrogen and oxygen atoms in total. The van der Waals surface area contributed by atoms with Gasteiger partial charge in [-0.2, -0.15) is 0 Å². The van der Waals surface area contributed by atoms with Gasteiger partial charge in [0.15, 0.2) is 0 Å². The fourth-order valence-electron chi connectivity index (χ4n) is 1.89. The highest BCUT2D eigenvalue weighted by Crippen LogP contribution is 2.28. The van der Waals surface area contributed by atoms with Gasteiger partial charge in [0.05, 0.1) is 12.1 Å². The number of amides is 1. The molecule has 2 rings (SSSR count). The van der Waals surface area contributed by atoms with Gasteiger partial charge < -0.3 is 15.8 Å². The maximum absolute atomic E-state index is 11.7. The number of primary amides is 1. The number of anilines is 1. The predicted octanol–water partition coefficient (Wildman–Crippen LogP) is 3.75. The monoisotopic (exact) mass is 368 g/mol. The molecular weight excluding hydrogens is 356 g/mol. The smallest absolute Gasteiger partial charge is 0.244 e. The normalized spacial score (nSPS) is 11.8. The molecule has 3 N–H and O–H groups in total. The molecule has 0 aliphatic heterocycles. The topological polar surface area (TPSA) is 64.3 Å². The van der Waals surface area contributed by atoms with Gasteiger partial charge in [-0.25, -0.2) is 0 Å². The zero-order valence-corrected chi connectivity index (χ0v) is 13.6. The molecule has 6 heteroatoms. The Bertz CT molecular complexity index is 664. The summed E-state index contributed by atoms with van der Waals surface area (Å²) < 4.78 is 5.92. The number of hydrogen-bond donors (Lipinski definition) is 2. The number of methoxy groups -OCH3 is 1. The van der Waals surface area contributed by atoms with E-state index in [9.17, 15) is 4.79 Å². The Labute approximate surface area is 136 Å². The van der Waals surface area contributed by atoms with Crippen LogP contribution in [0.4, 0.5) is 5.69 Å². The quantitative estimate of drug-likeness (QED) is 0.843. The zero-order chi connectivity index (χ0) is 15.4. The molecule has 0 aromatic heterocycles. The van der Waals surface area contributed by atoms with Crippen molar-refractivity contribution < 1.29 is 9.53 Å². The molecule has 1 unspecified atom stereocenters. The standard InChI is InChI=1S/C15H14BrClN2O2/c1-21-11-4-2-3-10(8-11)19-14(15(18)20)9-5-6-12(16)13(17)7-9/h2-8,14,19H,1H3,(H2,18,20). The molecule has 0 aliphatic rings. The minimum absolute atomic E-state index is 0.490. The van der Waals surface area contributed by atoms with E-state index in [-0.39, 0.29) is 0 Å². The van der Waals surface area contributed by atoms with Crippen LogP contribution in [0.1, 0.15) is 11.6 Å². The van der Waals surface area contributed by atoms with E-state index in [1.165, 1.54) is 0 Å². The number of benzene rings is 2. The van der Waals surface area contributed by atoms with Crippen LogP contribution in [0.5, 0.6) is 5.75 Å². The summed E-state index contributed by atoms with van der Waals surface area (Å²) in [6.07, 6.45) is 0. The van der Waals surface area contributed by atoms with E-state index in [2.05, 4.69) is 21.2 Å². The number of carbonyl (C=O) groups excluding carboxylic acids is 1. The second kappa shape index (κ2) is 6.83. The van der Waals surface area contributed by atoms with Crippen LogP contribution in [0, 0.1) is 0 Å². The van der Waals surface area contributed by atoms with E-state index in [0.29, 0.717) is 16.3 Å². The number of nitrogens with one attached hydrogen (secondary N) is 1. The van der Waals surface area contributed by atoms with Gasteiger partial charge in [0.2, 0.25) is 5.91 Å². The average molecular weight is 370 g/mol. The van der Waals surface area contributed by atoms with Gasteiger partial charge in [-0.15, -0.1) is 0 Å². The minimum Gasteiger partial charge on any atom is -0.497 e. The summed E-state index contributed by atoms with van der Waals surface area (Å²) in [4.78, 5) is 11.7. The lowest BCUT2D eigenvalue weighted by atomic mass is 10.1. The molecule has 2 aromatic carbocycles. The summed E-state index contributed by atoms with van der Waals surface area (Å²) in [6.45, 7) is 0. The van der Waals surface area contributed by atoms with Gasteiger partial charge >= 0.3 is 0 Å². The number of carbonyl (C=O) groups is 1. The molecule has 2 aromatic rings. The second-order valence-corrected chi connectivity index (χ2v) is 5.65. The summed E-state index contributed by atoms with van der Waals surface area (Å²) in [5, 5.41) is 3.61. The van der Waals surface area contributed by atoms with Gasteiger partial charge in [0.25, 0.3) is 0 Å². The van der Waals surface area contributed by atoms with E-state index in [4.69, 9.17) is 22.1 Å². The van der Waals surface area contributed by atoms with Gasteiger partial charge in [-0.3, -0.25) is 4.79 Å². The first-order chi connectivity index (χ1) is 10.0. The highest BCUT2D eigenvalue weighted by atomic mass is 79.9. The molecule has 0 bridgehead atoms. The lowest BCUT2D eigenvalue weighted by molar-refractivity contribution is -0.118. The molecule has 1 amide bonds. The van der Waals surface area contributed by atoms with Gasteiger partial charge in [0.1, 0.15) is 11.8 Å². The van der Waals surface area contributed by atoms with Crippen molar-refractivity contribution in [1.29, 1.82) is 0 Å². The molecule has 0 spiro atoms. The Kier molecular flexibility index (Phi) is 5.09. The van der Waals surface area contributed by atoms with Crippen molar-refractivity contribution in [2.24, 2.45) is 5.73 Å². The van der Waals surface area contributed by atoms with Crippen LogP contribution in [0.3, 0.4) is 0 Å². The third-order valence-electron chi connectivity index (χ3n) is 2.94. The van der Waals surface area contributed by atoms with Crippen LogP contribution in [-0.2, 0) is 4.79 Å². The van der Waals surface area contributed by atoms with Gasteiger partial charge in [0, 0.05) is 16.2 Å². The third kappa shape index (κ3) is 3.89. The summed E-state index contributed by atoms with van der Waals surface area (Å²) in [5.74, 6) is 0.202. The third-order valence-corrected chi connectivity index (χ3v) is 4.17. The highest BCUT2D eigenvalue weighted by molar-refractivity contribution is 9.10. The molecule has 0 fully saturated rings. The highest BCUT2D eigenvalue weighted by Gasteiger charge is 2.18. The van der Waals surface area contributed by atoms with E-state index in [0.717, 1.165) is 10.2 Å². The Hall–Kier alpha value is -1.72. The molecule has 0 heterocycles.